The number of carbonyl (C=O) groups is 1. The van der Waals surface area contributed by atoms with E-state index in [2.05, 4.69) is 10.3 Å². The first-order valence-electron chi connectivity index (χ1n) is 6.30. The molecule has 0 atom stereocenters. The summed E-state index contributed by atoms with van der Waals surface area (Å²) in [5.41, 5.74) is 2.56. The smallest absolute Gasteiger partial charge is 0.248 e. The summed E-state index contributed by atoms with van der Waals surface area (Å²) >= 11 is 7.56. The maximum Gasteiger partial charge on any atom is 0.248 e. The molecule has 6 heteroatoms. The van der Waals surface area contributed by atoms with Gasteiger partial charge in [0.15, 0.2) is 10.1 Å². The van der Waals surface area contributed by atoms with Crippen LogP contribution >= 0.6 is 22.9 Å². The number of thiazole rings is 1. The molecule has 2 heterocycles. The van der Waals surface area contributed by atoms with Crippen LogP contribution in [-0.2, 0) is 4.79 Å². The Hall–Kier alpha value is -2.11. The summed E-state index contributed by atoms with van der Waals surface area (Å²) in [6, 6.07) is 7.64. The van der Waals surface area contributed by atoms with E-state index in [9.17, 15) is 4.79 Å². The summed E-state index contributed by atoms with van der Waals surface area (Å²) in [6.07, 6.45) is 4.99. The van der Waals surface area contributed by atoms with Gasteiger partial charge in [0.2, 0.25) is 5.91 Å². The van der Waals surface area contributed by atoms with Crippen molar-refractivity contribution >= 4 is 45.6 Å². The van der Waals surface area contributed by atoms with Crippen molar-refractivity contribution < 1.29 is 4.79 Å². The van der Waals surface area contributed by atoms with Gasteiger partial charge in [-0.25, -0.2) is 4.98 Å². The molecule has 21 heavy (non-hydrogen) atoms. The monoisotopic (exact) mass is 317 g/mol. The lowest BCUT2D eigenvalue weighted by molar-refractivity contribution is -0.111. The minimum atomic E-state index is -0.207. The number of anilines is 1. The molecule has 1 N–H and O–H groups in total. The van der Waals surface area contributed by atoms with Gasteiger partial charge in [-0.3, -0.25) is 9.20 Å². The largest absolute Gasteiger partial charge is 0.323 e. The Morgan fingerprint density at radius 1 is 1.48 bits per heavy atom. The van der Waals surface area contributed by atoms with Crippen molar-refractivity contribution in [3.05, 3.63) is 58.3 Å². The van der Waals surface area contributed by atoms with E-state index in [1.807, 2.05) is 47.2 Å². The summed E-state index contributed by atoms with van der Waals surface area (Å²) in [4.78, 5) is 17.0. The highest BCUT2D eigenvalue weighted by Gasteiger charge is 2.08. The fraction of sp³-hybridized carbons (Fsp3) is 0.0667. The van der Waals surface area contributed by atoms with Crippen molar-refractivity contribution in [1.82, 2.24) is 9.38 Å². The van der Waals surface area contributed by atoms with Crippen LogP contribution in [0.3, 0.4) is 0 Å². The Balaban J connectivity index is 1.78. The van der Waals surface area contributed by atoms with E-state index in [1.165, 1.54) is 17.4 Å². The molecule has 4 nitrogen and oxygen atoms in total. The molecular weight excluding hydrogens is 306 g/mol. The third-order valence-corrected chi connectivity index (χ3v) is 3.97. The summed E-state index contributed by atoms with van der Waals surface area (Å²) in [5.74, 6) is -0.207. The third kappa shape index (κ3) is 2.99. The van der Waals surface area contributed by atoms with Crippen molar-refractivity contribution in [1.29, 1.82) is 0 Å². The topological polar surface area (TPSA) is 46.4 Å². The third-order valence-electron chi connectivity index (χ3n) is 2.93. The molecule has 0 fully saturated rings. The zero-order chi connectivity index (χ0) is 14.8. The van der Waals surface area contributed by atoms with E-state index in [0.29, 0.717) is 10.8 Å². The summed E-state index contributed by atoms with van der Waals surface area (Å²) in [6.45, 7) is 1.98. The van der Waals surface area contributed by atoms with Crippen LogP contribution in [0.1, 0.15) is 11.3 Å². The zero-order valence-corrected chi connectivity index (χ0v) is 12.8. The average Bonchev–Trinajstić information content (AvgIpc) is 2.97. The Morgan fingerprint density at radius 2 is 2.33 bits per heavy atom. The second-order valence-corrected chi connectivity index (χ2v) is 5.77. The van der Waals surface area contributed by atoms with E-state index in [-0.39, 0.29) is 5.91 Å². The van der Waals surface area contributed by atoms with Crippen LogP contribution in [-0.4, -0.2) is 15.3 Å². The molecule has 0 radical (unpaired) electrons. The van der Waals surface area contributed by atoms with Gasteiger partial charge in [0, 0.05) is 23.3 Å². The molecule has 3 aromatic rings. The van der Waals surface area contributed by atoms with Crippen LogP contribution in [0.25, 0.3) is 11.0 Å². The lowest BCUT2D eigenvalue weighted by atomic mass is 10.2. The number of nitrogens with zero attached hydrogens (tertiary/aromatic N) is 2. The van der Waals surface area contributed by atoms with E-state index >= 15 is 0 Å². The number of halogens is 1. The number of rotatable bonds is 3. The number of amides is 1. The van der Waals surface area contributed by atoms with Crippen molar-refractivity contribution in [2.45, 2.75) is 6.92 Å². The standard InChI is InChI=1S/C15H12ClN3OS/c1-10-3-2-4-11(9-10)17-13(20)6-5-12-14(16)18-15-19(12)7-8-21-15/h2-9H,1H3,(H,17,20)/b6-5+. The predicted molar refractivity (Wildman–Crippen MR) is 86.9 cm³/mol. The number of hydrogen-bond acceptors (Lipinski definition) is 3. The molecule has 1 amide bonds. The first-order chi connectivity index (χ1) is 10.1. The molecule has 3 rings (SSSR count). The maximum atomic E-state index is 11.9. The van der Waals surface area contributed by atoms with E-state index in [1.54, 1.807) is 6.08 Å². The Labute approximate surface area is 130 Å². The fourth-order valence-corrected chi connectivity index (χ4v) is 2.99. The first-order valence-corrected chi connectivity index (χ1v) is 7.56. The maximum absolute atomic E-state index is 11.9. The number of nitrogens with one attached hydrogen (secondary N) is 1. The van der Waals surface area contributed by atoms with Crippen LogP contribution in [0.4, 0.5) is 5.69 Å². The lowest BCUT2D eigenvalue weighted by Gasteiger charge is -2.02. The van der Waals surface area contributed by atoms with Crippen molar-refractivity contribution in [2.24, 2.45) is 0 Å². The Kier molecular flexibility index (Phi) is 3.77. The summed E-state index contributed by atoms with van der Waals surface area (Å²) < 4.78 is 1.85. The van der Waals surface area contributed by atoms with Crippen molar-refractivity contribution in [3.63, 3.8) is 0 Å². The minimum Gasteiger partial charge on any atom is -0.323 e. The number of fused-ring (bicyclic) bond motifs is 1. The van der Waals surface area contributed by atoms with Crippen LogP contribution in [0.5, 0.6) is 0 Å². The van der Waals surface area contributed by atoms with Crippen molar-refractivity contribution in [2.75, 3.05) is 5.32 Å². The van der Waals surface area contributed by atoms with Gasteiger partial charge in [-0.15, -0.1) is 11.3 Å². The second kappa shape index (κ2) is 5.71. The lowest BCUT2D eigenvalue weighted by Crippen LogP contribution is -2.07. The first kappa shape index (κ1) is 13.9. The van der Waals surface area contributed by atoms with Crippen molar-refractivity contribution in [3.8, 4) is 0 Å². The number of hydrogen-bond donors (Lipinski definition) is 1. The molecule has 1 aromatic carbocycles. The van der Waals surface area contributed by atoms with Gasteiger partial charge in [-0.2, -0.15) is 0 Å². The predicted octanol–water partition coefficient (Wildman–Crippen LogP) is 4.01. The number of benzene rings is 1. The quantitative estimate of drug-likeness (QED) is 0.742. The molecular formula is C15H12ClN3OS. The molecule has 0 aliphatic rings. The van der Waals surface area contributed by atoms with Gasteiger partial charge in [-0.1, -0.05) is 23.7 Å². The summed E-state index contributed by atoms with van der Waals surface area (Å²) in [7, 11) is 0. The molecule has 0 saturated carbocycles. The average molecular weight is 318 g/mol. The number of aryl methyl sites for hydroxylation is 1. The van der Waals surface area contributed by atoms with E-state index in [0.717, 1.165) is 16.2 Å². The second-order valence-electron chi connectivity index (χ2n) is 4.54. The Morgan fingerprint density at radius 3 is 3.14 bits per heavy atom. The molecule has 0 bridgehead atoms. The Bertz CT molecular complexity index is 834. The molecule has 0 spiro atoms. The zero-order valence-electron chi connectivity index (χ0n) is 11.2. The highest BCUT2D eigenvalue weighted by atomic mass is 35.5. The van der Waals surface area contributed by atoms with Gasteiger partial charge in [0.1, 0.15) is 0 Å². The summed E-state index contributed by atoms with van der Waals surface area (Å²) in [5, 5.41) is 5.12. The van der Waals surface area contributed by atoms with E-state index < -0.39 is 0 Å². The number of imidazole rings is 1. The normalized spacial score (nSPS) is 11.3. The van der Waals surface area contributed by atoms with E-state index in [4.69, 9.17) is 11.6 Å². The van der Waals surface area contributed by atoms with Gasteiger partial charge < -0.3 is 5.32 Å². The minimum absolute atomic E-state index is 0.207. The SMILES string of the molecule is Cc1cccc(NC(=O)/C=C/c2c(Cl)nc3sccn23)c1. The number of carbonyl (C=O) groups excluding carboxylic acids is 1. The molecule has 0 saturated heterocycles. The molecule has 0 aliphatic heterocycles. The van der Waals surface area contributed by atoms with Gasteiger partial charge in [-0.05, 0) is 30.7 Å². The highest BCUT2D eigenvalue weighted by Crippen LogP contribution is 2.22. The highest BCUT2D eigenvalue weighted by molar-refractivity contribution is 7.15. The molecule has 0 aliphatic carbocycles. The van der Waals surface area contributed by atoms with Crippen LogP contribution < -0.4 is 5.32 Å². The van der Waals surface area contributed by atoms with Crippen LogP contribution in [0.15, 0.2) is 41.9 Å². The molecule has 106 valence electrons. The number of aromatic nitrogens is 2. The van der Waals surface area contributed by atoms with Gasteiger partial charge in [0.25, 0.3) is 0 Å². The fourth-order valence-electron chi connectivity index (χ4n) is 1.99. The van der Waals surface area contributed by atoms with Crippen LogP contribution in [0.2, 0.25) is 5.15 Å². The van der Waals surface area contributed by atoms with Crippen LogP contribution in [0, 0.1) is 6.92 Å². The molecule has 0 unspecified atom stereocenters. The van der Waals surface area contributed by atoms with Gasteiger partial charge in [0.05, 0.1) is 5.69 Å². The molecule has 2 aromatic heterocycles. The van der Waals surface area contributed by atoms with Gasteiger partial charge >= 0.3 is 0 Å².